The fourth-order valence-corrected chi connectivity index (χ4v) is 2.94. The standard InChI is InChI=1S/C13H20Cl2N2O2S/c1-3-13(11-6-5-10(14)9-12(11)15)16-7-4-8-17-20(2,18)19/h5-6,9,13,16-17H,3-4,7-8H2,1-2H3. The van der Waals surface area contributed by atoms with Crippen LogP contribution in [0.3, 0.4) is 0 Å². The molecule has 1 rings (SSSR count). The molecule has 0 radical (unpaired) electrons. The maximum Gasteiger partial charge on any atom is 0.208 e. The zero-order valence-corrected chi connectivity index (χ0v) is 13.9. The minimum Gasteiger partial charge on any atom is -0.310 e. The summed E-state index contributed by atoms with van der Waals surface area (Å²) in [7, 11) is -3.11. The van der Waals surface area contributed by atoms with Gasteiger partial charge in [-0.25, -0.2) is 13.1 Å². The van der Waals surface area contributed by atoms with Crippen LogP contribution < -0.4 is 10.0 Å². The third-order valence-corrected chi connectivity index (χ3v) is 4.15. The van der Waals surface area contributed by atoms with Gasteiger partial charge in [0.1, 0.15) is 0 Å². The minimum atomic E-state index is -3.11. The van der Waals surface area contributed by atoms with Gasteiger partial charge in [0.15, 0.2) is 0 Å². The molecule has 1 atom stereocenters. The molecule has 4 nitrogen and oxygen atoms in total. The molecule has 7 heteroatoms. The van der Waals surface area contributed by atoms with E-state index < -0.39 is 10.0 Å². The second-order valence-electron chi connectivity index (χ2n) is 4.60. The fraction of sp³-hybridized carbons (Fsp3) is 0.538. The molecule has 20 heavy (non-hydrogen) atoms. The zero-order chi connectivity index (χ0) is 15.2. The minimum absolute atomic E-state index is 0.137. The third-order valence-electron chi connectivity index (χ3n) is 2.85. The zero-order valence-electron chi connectivity index (χ0n) is 11.6. The lowest BCUT2D eigenvalue weighted by Gasteiger charge is -2.19. The molecule has 0 fully saturated rings. The van der Waals surface area contributed by atoms with Crippen molar-refractivity contribution >= 4 is 33.2 Å². The van der Waals surface area contributed by atoms with E-state index in [2.05, 4.69) is 17.0 Å². The Hall–Kier alpha value is -0.330. The van der Waals surface area contributed by atoms with Gasteiger partial charge in [0.25, 0.3) is 0 Å². The summed E-state index contributed by atoms with van der Waals surface area (Å²) in [6.07, 6.45) is 2.76. The molecule has 0 aliphatic heterocycles. The van der Waals surface area contributed by atoms with Crippen LogP contribution >= 0.6 is 23.2 Å². The highest BCUT2D eigenvalue weighted by Gasteiger charge is 2.12. The Morgan fingerprint density at radius 1 is 1.25 bits per heavy atom. The highest BCUT2D eigenvalue weighted by Crippen LogP contribution is 2.27. The molecule has 0 saturated carbocycles. The lowest BCUT2D eigenvalue weighted by molar-refractivity contribution is 0.507. The molecule has 0 amide bonds. The number of nitrogens with one attached hydrogen (secondary N) is 2. The van der Waals surface area contributed by atoms with Crippen molar-refractivity contribution in [2.75, 3.05) is 19.3 Å². The predicted octanol–water partition coefficient (Wildman–Crippen LogP) is 2.97. The van der Waals surface area contributed by atoms with Crippen LogP contribution in [0.25, 0.3) is 0 Å². The van der Waals surface area contributed by atoms with Crippen molar-refractivity contribution in [2.24, 2.45) is 0 Å². The molecule has 2 N–H and O–H groups in total. The van der Waals surface area contributed by atoms with Crippen molar-refractivity contribution in [1.29, 1.82) is 0 Å². The number of sulfonamides is 1. The van der Waals surface area contributed by atoms with Gasteiger partial charge in [-0.2, -0.15) is 0 Å². The molecule has 1 aromatic rings. The normalized spacial score (nSPS) is 13.4. The van der Waals surface area contributed by atoms with E-state index in [0.717, 1.165) is 24.7 Å². The Morgan fingerprint density at radius 2 is 1.95 bits per heavy atom. The molecule has 114 valence electrons. The van der Waals surface area contributed by atoms with Gasteiger partial charge in [-0.05, 0) is 37.1 Å². The molecule has 0 spiro atoms. The first-order valence-electron chi connectivity index (χ1n) is 6.46. The Morgan fingerprint density at radius 3 is 2.50 bits per heavy atom. The van der Waals surface area contributed by atoms with E-state index in [-0.39, 0.29) is 6.04 Å². The summed E-state index contributed by atoms with van der Waals surface area (Å²) in [6.45, 7) is 3.20. The Kier molecular flexibility index (Phi) is 7.26. The first kappa shape index (κ1) is 17.7. The average Bonchev–Trinajstić information content (AvgIpc) is 2.33. The van der Waals surface area contributed by atoms with Gasteiger partial charge in [-0.15, -0.1) is 0 Å². The molecular weight excluding hydrogens is 319 g/mol. The molecule has 0 aromatic heterocycles. The van der Waals surface area contributed by atoms with E-state index in [9.17, 15) is 8.42 Å². The van der Waals surface area contributed by atoms with E-state index in [0.29, 0.717) is 23.1 Å². The van der Waals surface area contributed by atoms with Gasteiger partial charge in [-0.1, -0.05) is 36.2 Å². The summed E-state index contributed by atoms with van der Waals surface area (Å²) in [5, 5.41) is 4.63. The van der Waals surface area contributed by atoms with Crippen molar-refractivity contribution in [3.05, 3.63) is 33.8 Å². The number of rotatable bonds is 8. The molecule has 0 aliphatic carbocycles. The summed E-state index contributed by atoms with van der Waals surface area (Å²) >= 11 is 12.1. The number of hydrogen-bond acceptors (Lipinski definition) is 3. The second kappa shape index (κ2) is 8.20. The molecule has 0 saturated heterocycles. The summed E-state index contributed by atoms with van der Waals surface area (Å²) in [4.78, 5) is 0. The predicted molar refractivity (Wildman–Crippen MR) is 85.0 cm³/mol. The highest BCUT2D eigenvalue weighted by molar-refractivity contribution is 7.88. The van der Waals surface area contributed by atoms with Crippen molar-refractivity contribution in [1.82, 2.24) is 10.0 Å². The summed E-state index contributed by atoms with van der Waals surface area (Å²) in [6, 6.07) is 5.60. The van der Waals surface area contributed by atoms with Crippen LogP contribution in [-0.2, 0) is 10.0 Å². The lowest BCUT2D eigenvalue weighted by atomic mass is 10.0. The second-order valence-corrected chi connectivity index (χ2v) is 7.28. The Bertz CT molecular complexity index is 535. The maximum absolute atomic E-state index is 10.9. The van der Waals surface area contributed by atoms with Crippen molar-refractivity contribution in [2.45, 2.75) is 25.8 Å². The third kappa shape index (κ3) is 6.41. The van der Waals surface area contributed by atoms with E-state index >= 15 is 0 Å². The number of benzene rings is 1. The molecule has 0 bridgehead atoms. The molecular formula is C13H20Cl2N2O2S. The van der Waals surface area contributed by atoms with Crippen LogP contribution in [0.15, 0.2) is 18.2 Å². The first-order valence-corrected chi connectivity index (χ1v) is 9.11. The average molecular weight is 339 g/mol. The Balaban J connectivity index is 2.47. The van der Waals surface area contributed by atoms with E-state index in [1.165, 1.54) is 0 Å². The van der Waals surface area contributed by atoms with Crippen molar-refractivity contribution < 1.29 is 8.42 Å². The van der Waals surface area contributed by atoms with Crippen LogP contribution in [0, 0.1) is 0 Å². The summed E-state index contributed by atoms with van der Waals surface area (Å²) in [5.74, 6) is 0. The van der Waals surface area contributed by atoms with Gasteiger partial charge in [0.2, 0.25) is 10.0 Å². The molecule has 0 heterocycles. The Labute approximate surface area is 130 Å². The van der Waals surface area contributed by atoms with Crippen molar-refractivity contribution in [3.8, 4) is 0 Å². The first-order chi connectivity index (χ1) is 9.33. The van der Waals surface area contributed by atoms with Crippen LogP contribution in [0.5, 0.6) is 0 Å². The van der Waals surface area contributed by atoms with Crippen LogP contribution in [0.2, 0.25) is 10.0 Å². The SMILES string of the molecule is CCC(NCCCNS(C)(=O)=O)c1ccc(Cl)cc1Cl. The van der Waals surface area contributed by atoms with E-state index in [1.807, 2.05) is 12.1 Å². The largest absolute Gasteiger partial charge is 0.310 e. The lowest BCUT2D eigenvalue weighted by Crippen LogP contribution is -2.28. The van der Waals surface area contributed by atoms with Gasteiger partial charge in [0.05, 0.1) is 6.26 Å². The topological polar surface area (TPSA) is 58.2 Å². The van der Waals surface area contributed by atoms with Crippen LogP contribution in [0.4, 0.5) is 0 Å². The van der Waals surface area contributed by atoms with Gasteiger partial charge in [0, 0.05) is 22.6 Å². The van der Waals surface area contributed by atoms with Crippen LogP contribution in [-0.4, -0.2) is 27.8 Å². The van der Waals surface area contributed by atoms with Gasteiger partial charge < -0.3 is 5.32 Å². The van der Waals surface area contributed by atoms with E-state index in [4.69, 9.17) is 23.2 Å². The van der Waals surface area contributed by atoms with Crippen LogP contribution in [0.1, 0.15) is 31.4 Å². The van der Waals surface area contributed by atoms with Gasteiger partial charge in [-0.3, -0.25) is 0 Å². The smallest absolute Gasteiger partial charge is 0.208 e. The summed E-state index contributed by atoms with van der Waals surface area (Å²) in [5.41, 5.74) is 1.01. The molecule has 1 unspecified atom stereocenters. The monoisotopic (exact) mass is 338 g/mol. The fourth-order valence-electron chi connectivity index (χ4n) is 1.88. The maximum atomic E-state index is 10.9. The molecule has 0 aliphatic rings. The van der Waals surface area contributed by atoms with Crippen molar-refractivity contribution in [3.63, 3.8) is 0 Å². The quantitative estimate of drug-likeness (QED) is 0.716. The number of hydrogen-bond donors (Lipinski definition) is 2. The van der Waals surface area contributed by atoms with E-state index in [1.54, 1.807) is 6.07 Å². The number of halogens is 2. The summed E-state index contributed by atoms with van der Waals surface area (Å²) < 4.78 is 24.3. The molecule has 1 aromatic carbocycles. The van der Waals surface area contributed by atoms with Gasteiger partial charge >= 0.3 is 0 Å². The highest BCUT2D eigenvalue weighted by atomic mass is 35.5.